The van der Waals surface area contributed by atoms with Crippen LogP contribution >= 0.6 is 11.6 Å². The average Bonchev–Trinajstić information content (AvgIpc) is 2.71. The number of nitrogens with zero attached hydrogens (tertiary/aromatic N) is 1. The van der Waals surface area contributed by atoms with Gasteiger partial charge in [-0.1, -0.05) is 17.7 Å². The molecule has 1 aliphatic rings. The highest BCUT2D eigenvalue weighted by atomic mass is 35.5. The molecule has 0 radical (unpaired) electrons. The van der Waals surface area contributed by atoms with Gasteiger partial charge in [-0.25, -0.2) is 9.69 Å². The Hall–Kier alpha value is -3.86. The van der Waals surface area contributed by atoms with E-state index in [1.165, 1.54) is 19.2 Å². The van der Waals surface area contributed by atoms with Crippen LogP contribution < -0.4 is 20.1 Å². The second-order valence-corrected chi connectivity index (χ2v) is 6.78. The van der Waals surface area contributed by atoms with E-state index in [0.717, 1.165) is 18.2 Å². The Bertz CT molecular complexity index is 1190. The van der Waals surface area contributed by atoms with E-state index in [1.54, 1.807) is 0 Å². The Morgan fingerprint density at radius 2 is 1.84 bits per heavy atom. The summed E-state index contributed by atoms with van der Waals surface area (Å²) in [6.07, 6.45) is -3.82. The number of carboxylic acid groups (broad SMARTS) is 1. The third kappa shape index (κ3) is 4.28. The molecule has 1 N–H and O–H groups in total. The van der Waals surface area contributed by atoms with Crippen LogP contribution in [0.4, 0.5) is 23.7 Å². The molecule has 0 aliphatic carbocycles. The molecular weight excluding hydrogens is 457 g/mol. The predicted octanol–water partition coefficient (Wildman–Crippen LogP) is 2.40. The average molecular weight is 468 g/mol. The quantitative estimate of drug-likeness (QED) is 0.545. The topological polar surface area (TPSA) is 116 Å². The molecule has 2 aromatic carbocycles. The zero-order chi connectivity index (χ0) is 23.8. The van der Waals surface area contributed by atoms with Crippen LogP contribution in [-0.2, 0) is 15.8 Å². The van der Waals surface area contributed by atoms with Gasteiger partial charge in [0.15, 0.2) is 0 Å². The summed E-state index contributed by atoms with van der Waals surface area (Å²) in [4.78, 5) is 48.9. The molecule has 4 amide bonds. The molecular formula is C20H11ClF3N2O6-. The second-order valence-electron chi connectivity index (χ2n) is 6.37. The molecule has 1 heterocycles. The molecule has 2 aromatic rings. The number of amides is 4. The molecule has 1 saturated heterocycles. The first-order chi connectivity index (χ1) is 14.9. The number of aromatic carboxylic acids is 1. The third-order valence-corrected chi connectivity index (χ3v) is 4.69. The van der Waals surface area contributed by atoms with Gasteiger partial charge < -0.3 is 14.6 Å². The van der Waals surface area contributed by atoms with Gasteiger partial charge in [0.1, 0.15) is 11.3 Å². The van der Waals surface area contributed by atoms with Crippen molar-refractivity contribution in [1.29, 1.82) is 0 Å². The number of anilines is 1. The lowest BCUT2D eigenvalue weighted by Crippen LogP contribution is -2.54. The van der Waals surface area contributed by atoms with Gasteiger partial charge in [-0.3, -0.25) is 14.9 Å². The molecule has 3 rings (SSSR count). The second kappa shape index (κ2) is 8.35. The summed E-state index contributed by atoms with van der Waals surface area (Å²) in [5.74, 6) is -4.02. The standard InChI is InChI=1S/C20H12ClF3N2O6/c1-32-15-5-2-9(6-11(15)18(29)30)7-12-16(27)25-19(31)26(17(12)28)14-8-10(20(22,23)24)3-4-13(14)21/h2-8H,1H3,(H,29,30)(H,25,27,31)/p-1/b12-7-. The number of carbonyl (C=O) groups is 4. The van der Waals surface area contributed by atoms with Crippen molar-refractivity contribution in [1.82, 2.24) is 5.32 Å². The number of nitrogens with one attached hydrogen (secondary N) is 1. The molecule has 0 saturated carbocycles. The summed E-state index contributed by atoms with van der Waals surface area (Å²) in [7, 11) is 1.22. The molecule has 1 fully saturated rings. The number of rotatable bonds is 4. The van der Waals surface area contributed by atoms with Crippen molar-refractivity contribution in [2.75, 3.05) is 12.0 Å². The molecule has 32 heavy (non-hydrogen) atoms. The van der Waals surface area contributed by atoms with Gasteiger partial charge in [-0.05, 0) is 42.0 Å². The minimum Gasteiger partial charge on any atom is -0.545 e. The highest BCUT2D eigenvalue weighted by molar-refractivity contribution is 6.42. The summed E-state index contributed by atoms with van der Waals surface area (Å²) >= 11 is 5.91. The Balaban J connectivity index is 2.09. The molecule has 12 heteroatoms. The molecule has 0 aromatic heterocycles. The number of carboxylic acids is 1. The van der Waals surface area contributed by atoms with Crippen LogP contribution in [0.3, 0.4) is 0 Å². The fourth-order valence-electron chi connectivity index (χ4n) is 2.88. The number of hydrogen-bond donors (Lipinski definition) is 1. The summed E-state index contributed by atoms with van der Waals surface area (Å²) in [5.41, 5.74) is -2.74. The zero-order valence-corrected chi connectivity index (χ0v) is 16.7. The van der Waals surface area contributed by atoms with Gasteiger partial charge in [0, 0.05) is 5.56 Å². The van der Waals surface area contributed by atoms with E-state index in [1.807, 2.05) is 5.32 Å². The normalized spacial score (nSPS) is 15.7. The van der Waals surface area contributed by atoms with Gasteiger partial charge in [-0.2, -0.15) is 13.2 Å². The molecule has 1 aliphatic heterocycles. The van der Waals surface area contributed by atoms with Crippen molar-refractivity contribution >= 4 is 47.2 Å². The highest BCUT2D eigenvalue weighted by Crippen LogP contribution is 2.36. The number of methoxy groups -OCH3 is 1. The fourth-order valence-corrected chi connectivity index (χ4v) is 3.08. The van der Waals surface area contributed by atoms with Crippen LogP contribution in [0.1, 0.15) is 21.5 Å². The van der Waals surface area contributed by atoms with Gasteiger partial charge in [-0.15, -0.1) is 0 Å². The van der Waals surface area contributed by atoms with Gasteiger partial charge in [0.2, 0.25) is 0 Å². The lowest BCUT2D eigenvalue weighted by molar-refractivity contribution is -0.255. The predicted molar refractivity (Wildman–Crippen MR) is 103 cm³/mol. The summed E-state index contributed by atoms with van der Waals surface area (Å²) in [6, 6.07) is 4.33. The van der Waals surface area contributed by atoms with Crippen molar-refractivity contribution in [3.8, 4) is 5.75 Å². The maximum Gasteiger partial charge on any atom is 0.416 e. The van der Waals surface area contributed by atoms with E-state index in [0.29, 0.717) is 12.1 Å². The van der Waals surface area contributed by atoms with Crippen LogP contribution in [-0.4, -0.2) is 30.9 Å². The van der Waals surface area contributed by atoms with Gasteiger partial charge >= 0.3 is 12.2 Å². The van der Waals surface area contributed by atoms with Crippen molar-refractivity contribution in [3.05, 3.63) is 63.7 Å². The monoisotopic (exact) mass is 467 g/mol. The number of hydrogen-bond acceptors (Lipinski definition) is 6. The van der Waals surface area contributed by atoms with Gasteiger partial charge in [0.25, 0.3) is 11.8 Å². The van der Waals surface area contributed by atoms with E-state index in [2.05, 4.69) is 0 Å². The number of carbonyl (C=O) groups excluding carboxylic acids is 4. The summed E-state index contributed by atoms with van der Waals surface area (Å²) in [5, 5.41) is 12.8. The van der Waals surface area contributed by atoms with Gasteiger partial charge in [0.05, 0.1) is 29.4 Å². The Morgan fingerprint density at radius 3 is 2.44 bits per heavy atom. The SMILES string of the molecule is COc1ccc(/C=C2/C(=O)NC(=O)N(c3cc(C(F)(F)F)ccc3Cl)C2=O)cc1C(=O)[O-]. The first-order valence-electron chi connectivity index (χ1n) is 8.61. The molecule has 0 unspecified atom stereocenters. The van der Waals surface area contributed by atoms with Crippen LogP contribution in [0, 0.1) is 0 Å². The van der Waals surface area contributed by atoms with Crippen LogP contribution in [0.15, 0.2) is 42.0 Å². The number of halogens is 4. The minimum absolute atomic E-state index is 0.0425. The van der Waals surface area contributed by atoms with Crippen LogP contribution in [0.25, 0.3) is 6.08 Å². The first kappa shape index (κ1) is 22.8. The molecule has 0 bridgehead atoms. The zero-order valence-electron chi connectivity index (χ0n) is 16.0. The number of benzene rings is 2. The van der Waals surface area contributed by atoms with E-state index in [4.69, 9.17) is 16.3 Å². The number of ether oxygens (including phenoxy) is 1. The number of barbiturate groups is 1. The van der Waals surface area contributed by atoms with Crippen molar-refractivity contribution in [2.24, 2.45) is 0 Å². The van der Waals surface area contributed by atoms with Crippen molar-refractivity contribution in [2.45, 2.75) is 6.18 Å². The minimum atomic E-state index is -4.78. The summed E-state index contributed by atoms with van der Waals surface area (Å²) in [6.45, 7) is 0. The Morgan fingerprint density at radius 1 is 1.16 bits per heavy atom. The van der Waals surface area contributed by atoms with Crippen molar-refractivity contribution < 1.29 is 42.2 Å². The van der Waals surface area contributed by atoms with Crippen LogP contribution in [0.2, 0.25) is 5.02 Å². The van der Waals surface area contributed by atoms with E-state index in [9.17, 15) is 37.5 Å². The van der Waals surface area contributed by atoms with Crippen LogP contribution in [0.5, 0.6) is 5.75 Å². The third-order valence-electron chi connectivity index (χ3n) is 4.37. The maximum absolute atomic E-state index is 13.1. The highest BCUT2D eigenvalue weighted by Gasteiger charge is 2.39. The summed E-state index contributed by atoms with van der Waals surface area (Å²) < 4.78 is 44.1. The number of imide groups is 2. The number of urea groups is 1. The van der Waals surface area contributed by atoms with E-state index < -0.39 is 46.8 Å². The number of alkyl halides is 3. The van der Waals surface area contributed by atoms with Crippen molar-refractivity contribution in [3.63, 3.8) is 0 Å². The lowest BCUT2D eigenvalue weighted by atomic mass is 10.0. The molecule has 8 nitrogen and oxygen atoms in total. The molecule has 0 spiro atoms. The largest absolute Gasteiger partial charge is 0.545 e. The maximum atomic E-state index is 13.1. The van der Waals surface area contributed by atoms with E-state index in [-0.39, 0.29) is 26.8 Å². The fraction of sp³-hybridized carbons (Fsp3) is 0.100. The Labute approximate surface area is 182 Å². The van der Waals surface area contributed by atoms with E-state index >= 15 is 0 Å². The smallest absolute Gasteiger partial charge is 0.416 e. The molecule has 166 valence electrons. The Kier molecular flexibility index (Phi) is 5.95. The first-order valence-corrected chi connectivity index (χ1v) is 8.99. The molecule has 0 atom stereocenters. The lowest BCUT2D eigenvalue weighted by Gasteiger charge is -2.27.